The van der Waals surface area contributed by atoms with Gasteiger partial charge in [-0.15, -0.1) is 11.3 Å². The highest BCUT2D eigenvalue weighted by atomic mass is 32.2. The zero-order valence-electron chi connectivity index (χ0n) is 15.9. The number of fused-ring (bicyclic) bond motifs is 3. The molecule has 0 unspecified atom stereocenters. The molecule has 30 heavy (non-hydrogen) atoms. The number of amides is 1. The minimum atomic E-state index is -3.58. The summed E-state index contributed by atoms with van der Waals surface area (Å²) in [5, 5.41) is 1.72. The summed E-state index contributed by atoms with van der Waals surface area (Å²) in [6, 6.07) is 18.0. The van der Waals surface area contributed by atoms with Gasteiger partial charge in [0.15, 0.2) is 0 Å². The molecule has 3 heterocycles. The van der Waals surface area contributed by atoms with Crippen molar-refractivity contribution in [3.8, 4) is 0 Å². The van der Waals surface area contributed by atoms with E-state index in [4.69, 9.17) is 0 Å². The normalized spacial score (nSPS) is 13.5. The maximum Gasteiger partial charge on any atom is 0.271 e. The highest BCUT2D eigenvalue weighted by molar-refractivity contribution is 7.94. The van der Waals surface area contributed by atoms with Crippen LogP contribution in [0.1, 0.15) is 5.56 Å². The number of nitrogens with zero attached hydrogens (tertiary/aromatic N) is 3. The third-order valence-corrected chi connectivity index (χ3v) is 7.82. The van der Waals surface area contributed by atoms with Crippen LogP contribution in [0.3, 0.4) is 0 Å². The molecule has 1 N–H and O–H groups in total. The predicted molar refractivity (Wildman–Crippen MR) is 117 cm³/mol. The highest BCUT2D eigenvalue weighted by Crippen LogP contribution is 2.28. The molecule has 0 saturated heterocycles. The number of anilines is 2. The average Bonchev–Trinajstić information content (AvgIpc) is 3.46. The summed E-state index contributed by atoms with van der Waals surface area (Å²) in [6.45, 7) is 1.33. The lowest BCUT2D eigenvalue weighted by Gasteiger charge is -2.14. The molecule has 7 nitrogen and oxygen atoms in total. The smallest absolute Gasteiger partial charge is 0.271 e. The Hall–Kier alpha value is -3.17. The topological polar surface area (TPSA) is 84.3 Å². The standard InChI is InChI=1S/C21H18N4O3S2/c26-19(25-12-11-24-18-5-2-1-4-17(18)22-21(24)25)14-15-7-9-16(10-8-15)23-30(27,28)20-6-3-13-29-20/h1-10,13,23H,11-12,14H2. The van der Waals surface area contributed by atoms with E-state index < -0.39 is 10.0 Å². The first-order chi connectivity index (χ1) is 14.5. The summed E-state index contributed by atoms with van der Waals surface area (Å²) < 4.78 is 29.5. The zero-order chi connectivity index (χ0) is 20.7. The Balaban J connectivity index is 1.30. The quantitative estimate of drug-likeness (QED) is 0.517. The Kier molecular flexibility index (Phi) is 4.56. The second kappa shape index (κ2) is 7.26. The lowest BCUT2D eigenvalue weighted by atomic mass is 10.1. The summed E-state index contributed by atoms with van der Waals surface area (Å²) in [5.74, 6) is 0.650. The third kappa shape index (κ3) is 3.35. The average molecular weight is 439 g/mol. The summed E-state index contributed by atoms with van der Waals surface area (Å²) in [4.78, 5) is 19.2. The Bertz CT molecular complexity index is 1330. The largest absolute Gasteiger partial charge is 0.308 e. The third-order valence-electron chi connectivity index (χ3n) is 5.05. The number of benzene rings is 2. The molecule has 0 saturated carbocycles. The van der Waals surface area contributed by atoms with Gasteiger partial charge in [0.05, 0.1) is 17.5 Å². The molecule has 152 valence electrons. The molecule has 0 aliphatic carbocycles. The van der Waals surface area contributed by atoms with Gasteiger partial charge in [-0.3, -0.25) is 14.4 Å². The van der Waals surface area contributed by atoms with Crippen LogP contribution in [-0.2, 0) is 27.8 Å². The van der Waals surface area contributed by atoms with Crippen molar-refractivity contribution >= 4 is 49.9 Å². The number of sulfonamides is 1. The lowest BCUT2D eigenvalue weighted by Crippen LogP contribution is -2.30. The second-order valence-corrected chi connectivity index (χ2v) is 9.87. The van der Waals surface area contributed by atoms with E-state index in [2.05, 4.69) is 14.3 Å². The van der Waals surface area contributed by atoms with Crippen molar-refractivity contribution in [1.29, 1.82) is 0 Å². The van der Waals surface area contributed by atoms with Gasteiger partial charge in [-0.05, 0) is 41.3 Å². The Morgan fingerprint density at radius 3 is 2.60 bits per heavy atom. The molecular weight excluding hydrogens is 420 g/mol. The number of nitrogens with one attached hydrogen (secondary N) is 1. The molecule has 1 aliphatic rings. The van der Waals surface area contributed by atoms with Crippen LogP contribution in [0.25, 0.3) is 11.0 Å². The van der Waals surface area contributed by atoms with Gasteiger partial charge in [0, 0.05) is 18.8 Å². The number of aromatic nitrogens is 2. The van der Waals surface area contributed by atoms with E-state index in [9.17, 15) is 13.2 Å². The summed E-state index contributed by atoms with van der Waals surface area (Å²) in [7, 11) is -3.58. The van der Waals surface area contributed by atoms with Crippen LogP contribution in [0.15, 0.2) is 70.3 Å². The van der Waals surface area contributed by atoms with Crippen molar-refractivity contribution < 1.29 is 13.2 Å². The van der Waals surface area contributed by atoms with Crippen LogP contribution in [0.5, 0.6) is 0 Å². The maximum atomic E-state index is 12.9. The number of hydrogen-bond acceptors (Lipinski definition) is 5. The van der Waals surface area contributed by atoms with E-state index >= 15 is 0 Å². The van der Waals surface area contributed by atoms with Crippen LogP contribution in [-0.4, -0.2) is 30.4 Å². The molecule has 2 aromatic carbocycles. The molecule has 4 aromatic rings. The SMILES string of the molecule is O=C(Cc1ccc(NS(=O)(=O)c2cccs2)cc1)N1CCn2c1nc1ccccc12. The van der Waals surface area contributed by atoms with Crippen LogP contribution in [0, 0.1) is 0 Å². The van der Waals surface area contributed by atoms with E-state index in [-0.39, 0.29) is 16.5 Å². The van der Waals surface area contributed by atoms with E-state index in [0.717, 1.165) is 34.5 Å². The first-order valence-corrected chi connectivity index (χ1v) is 11.8. The van der Waals surface area contributed by atoms with Crippen molar-refractivity contribution in [2.75, 3.05) is 16.2 Å². The monoisotopic (exact) mass is 438 g/mol. The summed E-state index contributed by atoms with van der Waals surface area (Å²) in [5.41, 5.74) is 3.19. The Morgan fingerprint density at radius 2 is 1.83 bits per heavy atom. The molecular formula is C21H18N4O3S2. The molecule has 9 heteroatoms. The van der Waals surface area contributed by atoms with E-state index in [1.165, 1.54) is 0 Å². The number of para-hydroxylation sites is 2. The van der Waals surface area contributed by atoms with Crippen LogP contribution < -0.4 is 9.62 Å². The summed E-state index contributed by atoms with van der Waals surface area (Å²) >= 11 is 1.16. The van der Waals surface area contributed by atoms with Gasteiger partial charge in [0.25, 0.3) is 10.0 Å². The number of carbonyl (C=O) groups excluding carboxylic acids is 1. The van der Waals surface area contributed by atoms with Gasteiger partial charge in [0.1, 0.15) is 4.21 Å². The minimum absolute atomic E-state index is 0.0315. The fraction of sp³-hybridized carbons (Fsp3) is 0.143. The van der Waals surface area contributed by atoms with Crippen molar-refractivity contribution in [2.45, 2.75) is 17.2 Å². The minimum Gasteiger partial charge on any atom is -0.308 e. The number of imidazole rings is 1. The summed E-state index contributed by atoms with van der Waals surface area (Å²) in [6.07, 6.45) is 0.223. The zero-order valence-corrected chi connectivity index (χ0v) is 17.5. The number of thiophene rings is 1. The maximum absolute atomic E-state index is 12.9. The molecule has 0 atom stereocenters. The fourth-order valence-corrected chi connectivity index (χ4v) is 5.66. The van der Waals surface area contributed by atoms with Gasteiger partial charge < -0.3 is 4.57 Å². The highest BCUT2D eigenvalue weighted by Gasteiger charge is 2.28. The Labute approximate surface area is 177 Å². The van der Waals surface area contributed by atoms with Gasteiger partial charge in [-0.2, -0.15) is 0 Å². The van der Waals surface area contributed by atoms with E-state index in [0.29, 0.717) is 18.2 Å². The molecule has 2 aromatic heterocycles. The molecule has 1 amide bonds. The van der Waals surface area contributed by atoms with Gasteiger partial charge in [0.2, 0.25) is 11.9 Å². The predicted octanol–water partition coefficient (Wildman–Crippen LogP) is 3.49. The first-order valence-electron chi connectivity index (χ1n) is 9.42. The molecule has 0 radical (unpaired) electrons. The van der Waals surface area contributed by atoms with Gasteiger partial charge in [-0.1, -0.05) is 30.3 Å². The van der Waals surface area contributed by atoms with Crippen molar-refractivity contribution in [1.82, 2.24) is 9.55 Å². The van der Waals surface area contributed by atoms with Crippen molar-refractivity contribution in [3.63, 3.8) is 0 Å². The molecule has 0 bridgehead atoms. The van der Waals surface area contributed by atoms with Gasteiger partial charge in [-0.25, -0.2) is 13.4 Å². The van der Waals surface area contributed by atoms with Crippen LogP contribution >= 0.6 is 11.3 Å². The van der Waals surface area contributed by atoms with E-state index in [1.54, 1.807) is 46.7 Å². The molecule has 5 rings (SSSR count). The van der Waals surface area contributed by atoms with Crippen LogP contribution in [0.4, 0.5) is 11.6 Å². The number of hydrogen-bond donors (Lipinski definition) is 1. The first kappa shape index (κ1) is 18.8. The molecule has 1 aliphatic heterocycles. The van der Waals surface area contributed by atoms with Crippen molar-refractivity contribution in [3.05, 3.63) is 71.6 Å². The molecule has 0 fully saturated rings. The van der Waals surface area contributed by atoms with Crippen LogP contribution in [0.2, 0.25) is 0 Å². The molecule has 0 spiro atoms. The lowest BCUT2D eigenvalue weighted by molar-refractivity contribution is -0.117. The van der Waals surface area contributed by atoms with Crippen molar-refractivity contribution in [2.24, 2.45) is 0 Å². The Morgan fingerprint density at radius 1 is 1.03 bits per heavy atom. The van der Waals surface area contributed by atoms with Gasteiger partial charge >= 0.3 is 0 Å². The second-order valence-electron chi connectivity index (χ2n) is 7.01. The fourth-order valence-electron chi connectivity index (χ4n) is 3.61. The number of rotatable bonds is 5. The van der Waals surface area contributed by atoms with E-state index in [1.807, 2.05) is 24.3 Å². The number of carbonyl (C=O) groups is 1.